The Labute approximate surface area is 151 Å². The van der Waals surface area contributed by atoms with E-state index < -0.39 is 16.6 Å². The molecule has 8 nitrogen and oxygen atoms in total. The van der Waals surface area contributed by atoms with E-state index in [1.165, 1.54) is 18.2 Å². The first-order valence-electron chi connectivity index (χ1n) is 7.32. The van der Waals surface area contributed by atoms with Gasteiger partial charge in [-0.3, -0.25) is 14.9 Å². The highest BCUT2D eigenvalue weighted by atomic mass is 32.2. The standard InChI is InChI=1S/C16H12FN3O5S/c17-11-3-1-2-4-15(11)26-8-16(21)19-18-7-10-5-13-14(25-9-24-13)6-12(10)20(22)23/h1-7H,8-9H2,(H,19,21)/b18-7+. The maximum Gasteiger partial charge on any atom is 0.282 e. The van der Waals surface area contributed by atoms with Crippen molar-refractivity contribution in [3.8, 4) is 11.5 Å². The molecule has 1 amide bonds. The second-order valence-electron chi connectivity index (χ2n) is 5.03. The van der Waals surface area contributed by atoms with Gasteiger partial charge in [-0.1, -0.05) is 12.1 Å². The van der Waals surface area contributed by atoms with Crippen LogP contribution in [0.3, 0.4) is 0 Å². The monoisotopic (exact) mass is 377 g/mol. The normalized spacial score (nSPS) is 12.3. The Morgan fingerprint density at radius 1 is 1.35 bits per heavy atom. The van der Waals surface area contributed by atoms with Crippen molar-refractivity contribution in [3.05, 3.63) is 57.9 Å². The van der Waals surface area contributed by atoms with Crippen LogP contribution in [0.4, 0.5) is 10.1 Å². The summed E-state index contributed by atoms with van der Waals surface area (Å²) in [6.07, 6.45) is 1.14. The van der Waals surface area contributed by atoms with Crippen molar-refractivity contribution < 1.29 is 23.6 Å². The van der Waals surface area contributed by atoms with Crippen LogP contribution in [-0.2, 0) is 4.79 Å². The average molecular weight is 377 g/mol. The number of halogens is 1. The van der Waals surface area contributed by atoms with E-state index in [-0.39, 0.29) is 29.5 Å². The fraction of sp³-hybridized carbons (Fsp3) is 0.125. The molecule has 1 N–H and O–H groups in total. The number of ether oxygens (including phenoxy) is 2. The molecule has 134 valence electrons. The molecule has 0 saturated heterocycles. The van der Waals surface area contributed by atoms with Gasteiger partial charge in [-0.2, -0.15) is 5.10 Å². The molecular formula is C16H12FN3O5S. The van der Waals surface area contributed by atoms with E-state index in [4.69, 9.17) is 9.47 Å². The minimum Gasteiger partial charge on any atom is -0.454 e. The molecule has 0 atom stereocenters. The Balaban J connectivity index is 1.62. The lowest BCUT2D eigenvalue weighted by atomic mass is 10.1. The van der Waals surface area contributed by atoms with Gasteiger partial charge in [-0.25, -0.2) is 9.82 Å². The zero-order valence-electron chi connectivity index (χ0n) is 13.2. The fourth-order valence-corrected chi connectivity index (χ4v) is 2.85. The van der Waals surface area contributed by atoms with Gasteiger partial charge in [0.05, 0.1) is 28.5 Å². The van der Waals surface area contributed by atoms with Gasteiger partial charge in [0.1, 0.15) is 5.82 Å². The van der Waals surface area contributed by atoms with Crippen molar-refractivity contribution in [2.75, 3.05) is 12.5 Å². The van der Waals surface area contributed by atoms with Gasteiger partial charge in [0, 0.05) is 4.90 Å². The van der Waals surface area contributed by atoms with E-state index in [0.29, 0.717) is 10.6 Å². The minimum absolute atomic E-state index is 0.0168. The second kappa shape index (κ2) is 7.83. The van der Waals surface area contributed by atoms with Crippen LogP contribution in [0, 0.1) is 15.9 Å². The molecule has 2 aromatic rings. The molecule has 0 saturated carbocycles. The van der Waals surface area contributed by atoms with Crippen molar-refractivity contribution in [1.29, 1.82) is 0 Å². The average Bonchev–Trinajstić information content (AvgIpc) is 3.07. The van der Waals surface area contributed by atoms with Gasteiger partial charge < -0.3 is 9.47 Å². The third kappa shape index (κ3) is 4.09. The maximum absolute atomic E-state index is 13.5. The van der Waals surface area contributed by atoms with Gasteiger partial charge in [-0.05, 0) is 18.2 Å². The molecule has 0 aliphatic carbocycles. The van der Waals surface area contributed by atoms with E-state index in [9.17, 15) is 19.3 Å². The number of fused-ring (bicyclic) bond motifs is 1. The molecule has 0 radical (unpaired) electrons. The number of hydrogen-bond donors (Lipinski definition) is 1. The lowest BCUT2D eigenvalue weighted by molar-refractivity contribution is -0.385. The highest BCUT2D eigenvalue weighted by Gasteiger charge is 2.22. The van der Waals surface area contributed by atoms with E-state index in [1.54, 1.807) is 18.2 Å². The Morgan fingerprint density at radius 2 is 2.08 bits per heavy atom. The number of amides is 1. The summed E-state index contributed by atoms with van der Waals surface area (Å²) in [6, 6.07) is 8.73. The number of hydrazone groups is 1. The summed E-state index contributed by atoms with van der Waals surface area (Å²) in [5.74, 6) is -0.304. The predicted molar refractivity (Wildman–Crippen MR) is 92.1 cm³/mol. The summed E-state index contributed by atoms with van der Waals surface area (Å²) < 4.78 is 23.7. The summed E-state index contributed by atoms with van der Waals surface area (Å²) >= 11 is 1.02. The van der Waals surface area contributed by atoms with E-state index in [2.05, 4.69) is 10.5 Å². The number of nitro benzene ring substituents is 1. The summed E-state index contributed by atoms with van der Waals surface area (Å²) in [5.41, 5.74) is 2.17. The highest BCUT2D eigenvalue weighted by molar-refractivity contribution is 8.00. The van der Waals surface area contributed by atoms with Crippen LogP contribution in [0.15, 0.2) is 46.4 Å². The first kappa shape index (κ1) is 17.7. The summed E-state index contributed by atoms with van der Waals surface area (Å²) in [6.45, 7) is -0.0168. The van der Waals surface area contributed by atoms with Crippen LogP contribution >= 0.6 is 11.8 Å². The molecular weight excluding hydrogens is 365 g/mol. The molecule has 0 bridgehead atoms. The Kier molecular flexibility index (Phi) is 5.32. The lowest BCUT2D eigenvalue weighted by Crippen LogP contribution is -2.19. The molecule has 3 rings (SSSR count). The van der Waals surface area contributed by atoms with Crippen LogP contribution in [0.25, 0.3) is 0 Å². The van der Waals surface area contributed by atoms with Crippen molar-refractivity contribution in [2.24, 2.45) is 5.10 Å². The van der Waals surface area contributed by atoms with Crippen molar-refractivity contribution in [1.82, 2.24) is 5.43 Å². The maximum atomic E-state index is 13.5. The van der Waals surface area contributed by atoms with Crippen LogP contribution in [0.1, 0.15) is 5.56 Å². The number of carbonyl (C=O) groups is 1. The molecule has 10 heteroatoms. The molecule has 26 heavy (non-hydrogen) atoms. The molecule has 2 aromatic carbocycles. The predicted octanol–water partition coefficient (Wildman–Crippen LogP) is 2.71. The number of nitrogens with zero attached hydrogens (tertiary/aromatic N) is 2. The number of benzene rings is 2. The van der Waals surface area contributed by atoms with Crippen LogP contribution < -0.4 is 14.9 Å². The lowest BCUT2D eigenvalue weighted by Gasteiger charge is -2.02. The van der Waals surface area contributed by atoms with E-state index >= 15 is 0 Å². The highest BCUT2D eigenvalue weighted by Crippen LogP contribution is 2.37. The third-order valence-electron chi connectivity index (χ3n) is 3.31. The smallest absolute Gasteiger partial charge is 0.282 e. The van der Waals surface area contributed by atoms with E-state index in [1.807, 2.05) is 0 Å². The largest absolute Gasteiger partial charge is 0.454 e. The molecule has 1 heterocycles. The van der Waals surface area contributed by atoms with Gasteiger partial charge in [0.15, 0.2) is 11.5 Å². The van der Waals surface area contributed by atoms with Gasteiger partial charge in [-0.15, -0.1) is 11.8 Å². The number of rotatable bonds is 6. The first-order chi connectivity index (χ1) is 12.5. The number of hydrogen-bond acceptors (Lipinski definition) is 7. The van der Waals surface area contributed by atoms with Crippen LogP contribution in [0.2, 0.25) is 0 Å². The number of carbonyl (C=O) groups excluding carboxylic acids is 1. The Bertz CT molecular complexity index is 890. The van der Waals surface area contributed by atoms with Crippen molar-refractivity contribution >= 4 is 29.6 Å². The fourth-order valence-electron chi connectivity index (χ4n) is 2.12. The zero-order valence-corrected chi connectivity index (χ0v) is 14.0. The second-order valence-corrected chi connectivity index (χ2v) is 6.05. The van der Waals surface area contributed by atoms with Gasteiger partial charge in [0.25, 0.3) is 5.69 Å². The molecule has 0 unspecified atom stereocenters. The SMILES string of the molecule is O=C(CSc1ccccc1F)N/N=C/c1cc2c(cc1[N+](=O)[O-])OCO2. The quantitative estimate of drug-likeness (QED) is 0.359. The number of thioether (sulfide) groups is 1. The topological polar surface area (TPSA) is 103 Å². The van der Waals surface area contributed by atoms with Crippen molar-refractivity contribution in [3.63, 3.8) is 0 Å². The summed E-state index contributed by atoms with van der Waals surface area (Å²) in [7, 11) is 0. The van der Waals surface area contributed by atoms with Gasteiger partial charge in [0.2, 0.25) is 12.7 Å². The molecule has 0 fully saturated rings. The van der Waals surface area contributed by atoms with Crippen LogP contribution in [-0.4, -0.2) is 29.6 Å². The number of nitrogens with one attached hydrogen (secondary N) is 1. The van der Waals surface area contributed by atoms with E-state index in [0.717, 1.165) is 18.0 Å². The van der Waals surface area contributed by atoms with Gasteiger partial charge >= 0.3 is 0 Å². The first-order valence-corrected chi connectivity index (χ1v) is 8.30. The Morgan fingerprint density at radius 3 is 2.81 bits per heavy atom. The molecule has 1 aliphatic rings. The third-order valence-corrected chi connectivity index (χ3v) is 4.36. The molecule has 0 aromatic heterocycles. The summed E-state index contributed by atoms with van der Waals surface area (Å²) in [4.78, 5) is 22.7. The molecule has 0 spiro atoms. The summed E-state index contributed by atoms with van der Waals surface area (Å²) in [5, 5.41) is 14.8. The van der Waals surface area contributed by atoms with Crippen molar-refractivity contribution in [2.45, 2.75) is 4.90 Å². The minimum atomic E-state index is -0.584. The zero-order chi connectivity index (χ0) is 18.5. The Hall–Kier alpha value is -3.14. The number of nitro groups is 1. The molecule has 1 aliphatic heterocycles. The van der Waals surface area contributed by atoms with Crippen LogP contribution in [0.5, 0.6) is 11.5 Å².